The first-order chi connectivity index (χ1) is 10.1. The van der Waals surface area contributed by atoms with Crippen molar-refractivity contribution in [3.63, 3.8) is 0 Å². The summed E-state index contributed by atoms with van der Waals surface area (Å²) >= 11 is 0. The number of benzene rings is 1. The number of ether oxygens (including phenoxy) is 1. The van der Waals surface area contributed by atoms with Crippen LogP contribution < -0.4 is 10.2 Å². The van der Waals surface area contributed by atoms with Crippen molar-refractivity contribution < 1.29 is 19.4 Å². The third-order valence-electron chi connectivity index (χ3n) is 3.20. The van der Waals surface area contributed by atoms with E-state index in [2.05, 4.69) is 10.2 Å². The molecule has 1 aromatic carbocycles. The van der Waals surface area contributed by atoms with Crippen LogP contribution in [-0.4, -0.2) is 43.3 Å². The number of nitrogens with zero attached hydrogens (tertiary/aromatic N) is 1. The van der Waals surface area contributed by atoms with Gasteiger partial charge >= 0.3 is 5.97 Å². The van der Waals surface area contributed by atoms with E-state index in [4.69, 9.17) is 9.84 Å². The molecule has 0 saturated carbocycles. The minimum atomic E-state index is -1.13. The van der Waals surface area contributed by atoms with Gasteiger partial charge in [0.25, 0.3) is 5.91 Å². The van der Waals surface area contributed by atoms with Crippen LogP contribution in [0, 0.1) is 0 Å². The zero-order valence-electron chi connectivity index (χ0n) is 11.8. The van der Waals surface area contributed by atoms with E-state index in [1.54, 1.807) is 12.1 Å². The van der Waals surface area contributed by atoms with Crippen LogP contribution in [0.3, 0.4) is 0 Å². The summed E-state index contributed by atoms with van der Waals surface area (Å²) in [7, 11) is 0. The molecule has 1 saturated heterocycles. The molecule has 1 amide bonds. The first-order valence-electron chi connectivity index (χ1n) is 6.71. The monoisotopic (exact) mass is 290 g/mol. The van der Waals surface area contributed by atoms with E-state index in [-0.39, 0.29) is 5.57 Å². The number of hydrogen-bond acceptors (Lipinski definition) is 4. The molecule has 1 fully saturated rings. The lowest BCUT2D eigenvalue weighted by molar-refractivity contribution is -0.131. The average Bonchev–Trinajstić information content (AvgIpc) is 2.48. The number of carboxylic acid groups (broad SMARTS) is 1. The molecule has 0 radical (unpaired) electrons. The maximum absolute atomic E-state index is 11.8. The maximum Gasteiger partial charge on any atom is 0.328 e. The molecule has 0 aromatic heterocycles. The van der Waals surface area contributed by atoms with E-state index in [9.17, 15) is 9.59 Å². The molecule has 2 N–H and O–H groups in total. The molecule has 0 atom stereocenters. The molecule has 112 valence electrons. The number of nitrogens with one attached hydrogen (secondary N) is 1. The van der Waals surface area contributed by atoms with Gasteiger partial charge in [0.05, 0.1) is 13.2 Å². The van der Waals surface area contributed by atoms with Crippen LogP contribution in [0.25, 0.3) is 0 Å². The highest BCUT2D eigenvalue weighted by Crippen LogP contribution is 2.19. The van der Waals surface area contributed by atoms with Gasteiger partial charge in [0.2, 0.25) is 0 Å². The van der Waals surface area contributed by atoms with Crippen molar-refractivity contribution in [3.05, 3.63) is 35.9 Å². The SMILES string of the molecule is C/C(=C\C(=O)O)C(=O)Nc1ccc(N2CCOCC2)cc1. The van der Waals surface area contributed by atoms with E-state index in [1.807, 2.05) is 12.1 Å². The van der Waals surface area contributed by atoms with E-state index in [1.165, 1.54) is 6.92 Å². The second kappa shape index (κ2) is 6.90. The van der Waals surface area contributed by atoms with Crippen LogP contribution in [-0.2, 0) is 14.3 Å². The predicted octanol–water partition coefficient (Wildman–Crippen LogP) is 1.49. The van der Waals surface area contributed by atoms with Gasteiger partial charge in [0.1, 0.15) is 0 Å². The molecule has 0 bridgehead atoms. The number of anilines is 2. The Bertz CT molecular complexity index is 545. The molecule has 0 aliphatic carbocycles. The zero-order valence-corrected chi connectivity index (χ0v) is 11.8. The number of morpholine rings is 1. The van der Waals surface area contributed by atoms with Crippen molar-refractivity contribution in [3.8, 4) is 0 Å². The Morgan fingerprint density at radius 3 is 2.43 bits per heavy atom. The van der Waals surface area contributed by atoms with Crippen LogP contribution in [0.15, 0.2) is 35.9 Å². The Kier molecular flexibility index (Phi) is 4.94. The van der Waals surface area contributed by atoms with Crippen LogP contribution in [0.2, 0.25) is 0 Å². The van der Waals surface area contributed by atoms with Crippen LogP contribution in [0.1, 0.15) is 6.92 Å². The fraction of sp³-hybridized carbons (Fsp3) is 0.333. The molecule has 6 heteroatoms. The van der Waals surface area contributed by atoms with Crippen LogP contribution in [0.5, 0.6) is 0 Å². The fourth-order valence-electron chi connectivity index (χ4n) is 2.06. The van der Waals surface area contributed by atoms with Gasteiger partial charge in [-0.05, 0) is 31.2 Å². The second-order valence-electron chi connectivity index (χ2n) is 4.77. The highest BCUT2D eigenvalue weighted by atomic mass is 16.5. The highest BCUT2D eigenvalue weighted by molar-refractivity contribution is 6.06. The Morgan fingerprint density at radius 2 is 1.86 bits per heavy atom. The number of rotatable bonds is 4. The molecule has 6 nitrogen and oxygen atoms in total. The van der Waals surface area contributed by atoms with Crippen molar-refractivity contribution >= 4 is 23.3 Å². The van der Waals surface area contributed by atoms with Gasteiger partial charge in [0, 0.05) is 36.1 Å². The number of amides is 1. The number of aliphatic carboxylic acids is 1. The average molecular weight is 290 g/mol. The lowest BCUT2D eigenvalue weighted by atomic mass is 10.2. The predicted molar refractivity (Wildman–Crippen MR) is 79.5 cm³/mol. The summed E-state index contributed by atoms with van der Waals surface area (Å²) in [5.41, 5.74) is 1.86. The van der Waals surface area contributed by atoms with Crippen molar-refractivity contribution in [2.24, 2.45) is 0 Å². The van der Waals surface area contributed by atoms with E-state index in [0.717, 1.165) is 38.1 Å². The summed E-state index contributed by atoms with van der Waals surface area (Å²) in [6, 6.07) is 7.46. The van der Waals surface area contributed by atoms with Gasteiger partial charge in [0.15, 0.2) is 0 Å². The minimum Gasteiger partial charge on any atom is -0.478 e. The molecule has 1 aliphatic heterocycles. The van der Waals surface area contributed by atoms with Gasteiger partial charge in [-0.2, -0.15) is 0 Å². The highest BCUT2D eigenvalue weighted by Gasteiger charge is 2.11. The summed E-state index contributed by atoms with van der Waals surface area (Å²) in [5.74, 6) is -1.55. The lowest BCUT2D eigenvalue weighted by Crippen LogP contribution is -2.36. The summed E-state index contributed by atoms with van der Waals surface area (Å²) in [5, 5.41) is 11.3. The van der Waals surface area contributed by atoms with E-state index in [0.29, 0.717) is 5.69 Å². The molecular formula is C15H18N2O4. The van der Waals surface area contributed by atoms with Crippen LogP contribution >= 0.6 is 0 Å². The smallest absolute Gasteiger partial charge is 0.328 e. The molecule has 1 aliphatic rings. The van der Waals surface area contributed by atoms with Gasteiger partial charge < -0.3 is 20.1 Å². The maximum atomic E-state index is 11.8. The van der Waals surface area contributed by atoms with Gasteiger partial charge in [-0.25, -0.2) is 4.79 Å². The number of carbonyl (C=O) groups excluding carboxylic acids is 1. The minimum absolute atomic E-state index is 0.153. The van der Waals surface area contributed by atoms with Gasteiger partial charge in [-0.1, -0.05) is 0 Å². The summed E-state index contributed by atoms with van der Waals surface area (Å²) in [4.78, 5) is 24.5. The van der Waals surface area contributed by atoms with E-state index >= 15 is 0 Å². The van der Waals surface area contributed by atoms with Crippen molar-refractivity contribution in [1.82, 2.24) is 0 Å². The Morgan fingerprint density at radius 1 is 1.24 bits per heavy atom. The Hall–Kier alpha value is -2.34. The normalized spacial score (nSPS) is 15.7. The number of carbonyl (C=O) groups is 2. The topological polar surface area (TPSA) is 78.9 Å². The third kappa shape index (κ3) is 4.32. The molecule has 1 heterocycles. The van der Waals surface area contributed by atoms with E-state index < -0.39 is 11.9 Å². The van der Waals surface area contributed by atoms with Crippen molar-refractivity contribution in [2.45, 2.75) is 6.92 Å². The zero-order chi connectivity index (χ0) is 15.2. The lowest BCUT2D eigenvalue weighted by Gasteiger charge is -2.28. The number of hydrogen-bond donors (Lipinski definition) is 2. The molecule has 0 spiro atoms. The molecular weight excluding hydrogens is 272 g/mol. The standard InChI is InChI=1S/C15H18N2O4/c1-11(10-14(18)19)15(20)16-12-2-4-13(5-3-12)17-6-8-21-9-7-17/h2-5,10H,6-9H2,1H3,(H,16,20)(H,18,19)/b11-10+. The summed E-state index contributed by atoms with van der Waals surface area (Å²) < 4.78 is 5.30. The first-order valence-corrected chi connectivity index (χ1v) is 6.71. The first kappa shape index (κ1) is 15.1. The number of carboxylic acids is 1. The van der Waals surface area contributed by atoms with Crippen molar-refractivity contribution in [1.29, 1.82) is 0 Å². The van der Waals surface area contributed by atoms with Gasteiger partial charge in [-0.3, -0.25) is 4.79 Å². The fourth-order valence-corrected chi connectivity index (χ4v) is 2.06. The second-order valence-corrected chi connectivity index (χ2v) is 4.77. The molecule has 0 unspecified atom stereocenters. The van der Waals surface area contributed by atoms with Crippen molar-refractivity contribution in [2.75, 3.05) is 36.5 Å². The molecule has 1 aromatic rings. The van der Waals surface area contributed by atoms with Crippen LogP contribution in [0.4, 0.5) is 11.4 Å². The Labute approximate surface area is 123 Å². The largest absolute Gasteiger partial charge is 0.478 e. The third-order valence-corrected chi connectivity index (χ3v) is 3.20. The molecule has 2 rings (SSSR count). The van der Waals surface area contributed by atoms with Gasteiger partial charge in [-0.15, -0.1) is 0 Å². The summed E-state index contributed by atoms with van der Waals surface area (Å²) in [6.07, 6.45) is 0.886. The quantitative estimate of drug-likeness (QED) is 0.821. The summed E-state index contributed by atoms with van der Waals surface area (Å²) in [6.45, 7) is 4.61. The molecule has 21 heavy (non-hydrogen) atoms. The Balaban J connectivity index is 1.99.